The maximum absolute atomic E-state index is 13.3. The van der Waals surface area contributed by atoms with Crippen LogP contribution in [0.3, 0.4) is 0 Å². The third-order valence-electron chi connectivity index (χ3n) is 2.59. The lowest BCUT2D eigenvalue weighted by Gasteiger charge is -2.01. The molecule has 78 valence electrons. The second kappa shape index (κ2) is 4.47. The molecule has 4 heteroatoms. The van der Waals surface area contributed by atoms with E-state index in [0.29, 0.717) is 23.4 Å². The molecule has 0 bridgehead atoms. The molecule has 2 atom stereocenters. The predicted octanol–water partition coefficient (Wildman–Crippen LogP) is 2.96. The molecule has 14 heavy (non-hydrogen) atoms. The lowest BCUT2D eigenvalue weighted by atomic mass is 10.1. The molecule has 0 aromatic heterocycles. The van der Waals surface area contributed by atoms with Gasteiger partial charge in [-0.15, -0.1) is 12.4 Å². The smallest absolute Gasteiger partial charge is 0.128 e. The van der Waals surface area contributed by atoms with E-state index in [1.165, 1.54) is 6.07 Å². The van der Waals surface area contributed by atoms with Gasteiger partial charge in [-0.2, -0.15) is 0 Å². The lowest BCUT2D eigenvalue weighted by molar-refractivity contribution is 0.606. The molecule has 1 fully saturated rings. The van der Waals surface area contributed by atoms with Gasteiger partial charge in [-0.1, -0.05) is 17.7 Å². The summed E-state index contributed by atoms with van der Waals surface area (Å²) in [4.78, 5) is 0. The SMILES string of the molecule is Cl.NC[C@H]1C[C@@H]1c1ccc(Cl)cc1F. The Morgan fingerprint density at radius 1 is 1.50 bits per heavy atom. The minimum Gasteiger partial charge on any atom is -0.330 e. The molecular weight excluding hydrogens is 224 g/mol. The average Bonchev–Trinajstić information content (AvgIpc) is 2.83. The number of hydrogen-bond acceptors (Lipinski definition) is 1. The number of halogens is 3. The predicted molar refractivity (Wildman–Crippen MR) is 58.6 cm³/mol. The Hall–Kier alpha value is -0.310. The summed E-state index contributed by atoms with van der Waals surface area (Å²) in [7, 11) is 0. The van der Waals surface area contributed by atoms with Gasteiger partial charge in [0.2, 0.25) is 0 Å². The van der Waals surface area contributed by atoms with E-state index in [9.17, 15) is 4.39 Å². The number of nitrogens with two attached hydrogens (primary N) is 1. The number of benzene rings is 1. The van der Waals surface area contributed by atoms with Crippen molar-refractivity contribution >= 4 is 24.0 Å². The van der Waals surface area contributed by atoms with E-state index in [1.807, 2.05) is 0 Å². The minimum atomic E-state index is -0.201. The van der Waals surface area contributed by atoms with Crippen molar-refractivity contribution in [2.45, 2.75) is 12.3 Å². The van der Waals surface area contributed by atoms with Gasteiger partial charge < -0.3 is 5.73 Å². The van der Waals surface area contributed by atoms with Crippen LogP contribution in [0.2, 0.25) is 5.02 Å². The lowest BCUT2D eigenvalue weighted by Crippen LogP contribution is -2.02. The highest BCUT2D eigenvalue weighted by molar-refractivity contribution is 6.30. The fraction of sp³-hybridized carbons (Fsp3) is 0.400. The summed E-state index contributed by atoms with van der Waals surface area (Å²) >= 11 is 5.65. The van der Waals surface area contributed by atoms with E-state index in [-0.39, 0.29) is 18.2 Å². The molecule has 0 radical (unpaired) electrons. The van der Waals surface area contributed by atoms with E-state index in [1.54, 1.807) is 12.1 Å². The van der Waals surface area contributed by atoms with Crippen LogP contribution < -0.4 is 5.73 Å². The van der Waals surface area contributed by atoms with E-state index in [2.05, 4.69) is 0 Å². The topological polar surface area (TPSA) is 26.0 Å². The van der Waals surface area contributed by atoms with Crippen molar-refractivity contribution in [1.29, 1.82) is 0 Å². The van der Waals surface area contributed by atoms with E-state index in [0.717, 1.165) is 12.0 Å². The van der Waals surface area contributed by atoms with Crippen molar-refractivity contribution in [2.24, 2.45) is 11.7 Å². The van der Waals surface area contributed by atoms with E-state index < -0.39 is 0 Å². The molecular formula is C10H12Cl2FN. The van der Waals surface area contributed by atoms with E-state index in [4.69, 9.17) is 17.3 Å². The molecule has 2 N–H and O–H groups in total. The van der Waals surface area contributed by atoms with Gasteiger partial charge in [0.1, 0.15) is 5.82 Å². The molecule has 0 spiro atoms. The summed E-state index contributed by atoms with van der Waals surface area (Å²) in [5.74, 6) is 0.589. The van der Waals surface area contributed by atoms with Crippen molar-refractivity contribution < 1.29 is 4.39 Å². The van der Waals surface area contributed by atoms with Gasteiger partial charge in [0.05, 0.1) is 0 Å². The molecule has 1 aliphatic rings. The Morgan fingerprint density at radius 2 is 2.21 bits per heavy atom. The van der Waals surface area contributed by atoms with Gasteiger partial charge in [-0.05, 0) is 42.5 Å². The van der Waals surface area contributed by atoms with Crippen LogP contribution in [0.25, 0.3) is 0 Å². The maximum Gasteiger partial charge on any atom is 0.128 e. The molecule has 0 aliphatic heterocycles. The molecule has 0 saturated heterocycles. The average molecular weight is 236 g/mol. The summed E-state index contributed by atoms with van der Waals surface area (Å²) in [6.07, 6.45) is 1.01. The first kappa shape index (κ1) is 11.8. The first-order valence-corrected chi connectivity index (χ1v) is 4.75. The van der Waals surface area contributed by atoms with Crippen molar-refractivity contribution in [3.8, 4) is 0 Å². The summed E-state index contributed by atoms with van der Waals surface area (Å²) < 4.78 is 13.3. The monoisotopic (exact) mass is 235 g/mol. The van der Waals surface area contributed by atoms with Gasteiger partial charge in [0.25, 0.3) is 0 Å². The Balaban J connectivity index is 0.000000980. The molecule has 1 saturated carbocycles. The van der Waals surface area contributed by atoms with Gasteiger partial charge in [-0.3, -0.25) is 0 Å². The van der Waals surface area contributed by atoms with Crippen molar-refractivity contribution in [2.75, 3.05) is 6.54 Å². The summed E-state index contributed by atoms with van der Waals surface area (Å²) in [6.45, 7) is 0.646. The fourth-order valence-corrected chi connectivity index (χ4v) is 1.85. The normalized spacial score (nSPS) is 24.2. The summed E-state index contributed by atoms with van der Waals surface area (Å²) in [5, 5.41) is 0.450. The third kappa shape index (κ3) is 2.19. The largest absolute Gasteiger partial charge is 0.330 e. The molecule has 0 amide bonds. The van der Waals surface area contributed by atoms with Crippen molar-refractivity contribution in [1.82, 2.24) is 0 Å². The molecule has 1 nitrogen and oxygen atoms in total. The zero-order chi connectivity index (χ0) is 9.42. The molecule has 1 aromatic rings. The zero-order valence-electron chi connectivity index (χ0n) is 7.54. The Labute approximate surface area is 93.8 Å². The molecule has 2 rings (SSSR count). The summed E-state index contributed by atoms with van der Waals surface area (Å²) in [6, 6.07) is 4.85. The third-order valence-corrected chi connectivity index (χ3v) is 2.82. The Morgan fingerprint density at radius 3 is 2.71 bits per heavy atom. The number of hydrogen-bond donors (Lipinski definition) is 1. The fourth-order valence-electron chi connectivity index (χ4n) is 1.69. The summed E-state index contributed by atoms with van der Waals surface area (Å²) in [5.41, 5.74) is 6.26. The van der Waals surface area contributed by atoms with Crippen LogP contribution in [0.15, 0.2) is 18.2 Å². The van der Waals surface area contributed by atoms with Crippen LogP contribution in [0.1, 0.15) is 17.9 Å². The second-order valence-electron chi connectivity index (χ2n) is 3.50. The Bertz CT molecular complexity index is 330. The van der Waals surface area contributed by atoms with Crippen LogP contribution in [0, 0.1) is 11.7 Å². The van der Waals surface area contributed by atoms with Gasteiger partial charge in [0, 0.05) is 5.02 Å². The van der Waals surface area contributed by atoms with E-state index >= 15 is 0 Å². The molecule has 1 aromatic carbocycles. The first-order valence-electron chi connectivity index (χ1n) is 4.37. The van der Waals surface area contributed by atoms with Crippen LogP contribution >= 0.6 is 24.0 Å². The van der Waals surface area contributed by atoms with Gasteiger partial charge in [-0.25, -0.2) is 4.39 Å². The van der Waals surface area contributed by atoms with Crippen LogP contribution in [-0.4, -0.2) is 6.54 Å². The molecule has 1 aliphatic carbocycles. The zero-order valence-corrected chi connectivity index (χ0v) is 9.11. The standard InChI is InChI=1S/C10H11ClFN.ClH/c11-7-1-2-8(10(12)4-7)9-3-6(9)5-13;/h1-2,4,6,9H,3,5,13H2;1H/t6-,9+;/m1./s1. The minimum absolute atomic E-state index is 0. The highest BCUT2D eigenvalue weighted by Gasteiger charge is 2.38. The first-order chi connectivity index (χ1) is 6.22. The maximum atomic E-state index is 13.3. The van der Waals surface area contributed by atoms with Gasteiger partial charge >= 0.3 is 0 Å². The second-order valence-corrected chi connectivity index (χ2v) is 3.94. The van der Waals surface area contributed by atoms with Gasteiger partial charge in [0.15, 0.2) is 0 Å². The molecule has 0 unspecified atom stereocenters. The highest BCUT2D eigenvalue weighted by Crippen LogP contribution is 2.47. The Kier molecular flexibility index (Phi) is 3.76. The van der Waals surface area contributed by atoms with Crippen molar-refractivity contribution in [3.63, 3.8) is 0 Å². The number of rotatable bonds is 2. The quantitative estimate of drug-likeness (QED) is 0.839. The van der Waals surface area contributed by atoms with Crippen LogP contribution in [-0.2, 0) is 0 Å². The van der Waals surface area contributed by atoms with Crippen molar-refractivity contribution in [3.05, 3.63) is 34.6 Å². The van der Waals surface area contributed by atoms with Crippen LogP contribution in [0.5, 0.6) is 0 Å². The molecule has 0 heterocycles. The van der Waals surface area contributed by atoms with Crippen LogP contribution in [0.4, 0.5) is 4.39 Å². The highest BCUT2D eigenvalue weighted by atomic mass is 35.5.